The molecule has 1 N–H and O–H groups in total. The average Bonchev–Trinajstić information content (AvgIpc) is 3.01. The monoisotopic (exact) mass is 230 g/mol. The molecule has 1 aromatic rings. The lowest BCUT2D eigenvalue weighted by molar-refractivity contribution is -0.119. The van der Waals surface area contributed by atoms with Gasteiger partial charge in [0.1, 0.15) is 5.41 Å². The molecule has 0 saturated heterocycles. The number of rotatable bonds is 2. The second-order valence-electron chi connectivity index (χ2n) is 4.22. The van der Waals surface area contributed by atoms with Crippen LogP contribution in [0.4, 0.5) is 5.69 Å². The number of hydrogen-bond acceptors (Lipinski definition) is 4. The van der Waals surface area contributed by atoms with Gasteiger partial charge in [-0.25, -0.2) is 0 Å². The van der Waals surface area contributed by atoms with Gasteiger partial charge < -0.3 is 14.8 Å². The van der Waals surface area contributed by atoms with E-state index in [1.807, 2.05) is 0 Å². The van der Waals surface area contributed by atoms with Crippen LogP contribution in [0.3, 0.4) is 0 Å². The average molecular weight is 230 g/mol. The van der Waals surface area contributed by atoms with Crippen LogP contribution < -0.4 is 14.8 Å². The normalized spacial score (nSPS) is 18.3. The summed E-state index contributed by atoms with van der Waals surface area (Å²) in [7, 11) is 0. The highest BCUT2D eigenvalue weighted by atomic mass is 16.7. The molecule has 86 valence electrons. The molecule has 1 aromatic carbocycles. The highest BCUT2D eigenvalue weighted by molar-refractivity contribution is 5.99. The standard InChI is InChI=1S/C12H10N2O3/c13-6-12(3-4-12)11(15)14-8-1-2-9-10(5-8)17-7-16-9/h1-2,5H,3-4,7H2,(H,14,15). The number of anilines is 1. The second kappa shape index (κ2) is 3.39. The van der Waals surface area contributed by atoms with Crippen molar-refractivity contribution in [3.63, 3.8) is 0 Å². The Morgan fingerprint density at radius 2 is 2.12 bits per heavy atom. The first-order valence-corrected chi connectivity index (χ1v) is 5.36. The van der Waals surface area contributed by atoms with Crippen LogP contribution in [0.2, 0.25) is 0 Å². The van der Waals surface area contributed by atoms with Gasteiger partial charge in [-0.2, -0.15) is 5.26 Å². The third-order valence-electron chi connectivity index (χ3n) is 3.03. The molecule has 17 heavy (non-hydrogen) atoms. The molecule has 1 saturated carbocycles. The van der Waals surface area contributed by atoms with Gasteiger partial charge in [0.15, 0.2) is 11.5 Å². The maximum absolute atomic E-state index is 11.8. The molecule has 1 fully saturated rings. The van der Waals surface area contributed by atoms with Crippen LogP contribution in [0.5, 0.6) is 11.5 Å². The van der Waals surface area contributed by atoms with Gasteiger partial charge in [-0.15, -0.1) is 0 Å². The summed E-state index contributed by atoms with van der Waals surface area (Å²) in [5, 5.41) is 11.6. The van der Waals surface area contributed by atoms with Crippen molar-refractivity contribution >= 4 is 11.6 Å². The SMILES string of the molecule is N#CC1(C(=O)Nc2ccc3c(c2)OCO3)CC1. The molecule has 0 aromatic heterocycles. The summed E-state index contributed by atoms with van der Waals surface area (Å²) < 4.78 is 10.4. The zero-order chi connectivity index (χ0) is 11.9. The summed E-state index contributed by atoms with van der Waals surface area (Å²) in [6.45, 7) is 0.203. The van der Waals surface area contributed by atoms with Crippen molar-refractivity contribution in [3.05, 3.63) is 18.2 Å². The smallest absolute Gasteiger partial charge is 0.244 e. The van der Waals surface area contributed by atoms with Crippen LogP contribution in [0.1, 0.15) is 12.8 Å². The summed E-state index contributed by atoms with van der Waals surface area (Å²) in [5.74, 6) is 1.05. The summed E-state index contributed by atoms with van der Waals surface area (Å²) in [6, 6.07) is 7.23. The number of hydrogen-bond donors (Lipinski definition) is 1. The molecule has 1 aliphatic heterocycles. The summed E-state index contributed by atoms with van der Waals surface area (Å²) in [5.41, 5.74) is -0.183. The predicted octanol–water partition coefficient (Wildman–Crippen LogP) is 1.66. The lowest BCUT2D eigenvalue weighted by Crippen LogP contribution is -2.22. The number of ether oxygens (including phenoxy) is 2. The third-order valence-corrected chi connectivity index (χ3v) is 3.03. The van der Waals surface area contributed by atoms with E-state index in [9.17, 15) is 4.79 Å². The van der Waals surface area contributed by atoms with E-state index in [4.69, 9.17) is 14.7 Å². The van der Waals surface area contributed by atoms with Crippen molar-refractivity contribution in [3.8, 4) is 17.6 Å². The first-order valence-electron chi connectivity index (χ1n) is 5.36. The Kier molecular flexibility index (Phi) is 1.99. The highest BCUT2D eigenvalue weighted by Crippen LogP contribution is 2.46. The molecule has 0 radical (unpaired) electrons. The van der Waals surface area contributed by atoms with Crippen LogP contribution >= 0.6 is 0 Å². The molecular weight excluding hydrogens is 220 g/mol. The molecule has 1 aliphatic carbocycles. The zero-order valence-electron chi connectivity index (χ0n) is 9.03. The van der Waals surface area contributed by atoms with E-state index in [2.05, 4.69) is 11.4 Å². The number of amides is 1. The fourth-order valence-corrected chi connectivity index (χ4v) is 1.74. The van der Waals surface area contributed by atoms with Gasteiger partial charge in [0, 0.05) is 11.8 Å². The molecule has 1 heterocycles. The van der Waals surface area contributed by atoms with E-state index >= 15 is 0 Å². The van der Waals surface area contributed by atoms with Crippen molar-refractivity contribution in [2.75, 3.05) is 12.1 Å². The fourth-order valence-electron chi connectivity index (χ4n) is 1.74. The van der Waals surface area contributed by atoms with Gasteiger partial charge in [0.25, 0.3) is 0 Å². The topological polar surface area (TPSA) is 71.4 Å². The van der Waals surface area contributed by atoms with Gasteiger partial charge in [0.05, 0.1) is 6.07 Å². The van der Waals surface area contributed by atoms with E-state index in [0.717, 1.165) is 0 Å². The first kappa shape index (κ1) is 9.97. The number of nitriles is 1. The summed E-state index contributed by atoms with van der Waals surface area (Å²) in [4.78, 5) is 11.8. The van der Waals surface area contributed by atoms with Crippen LogP contribution in [0.15, 0.2) is 18.2 Å². The Morgan fingerprint density at radius 1 is 1.35 bits per heavy atom. The van der Waals surface area contributed by atoms with Gasteiger partial charge >= 0.3 is 0 Å². The fraction of sp³-hybridized carbons (Fsp3) is 0.333. The van der Waals surface area contributed by atoms with Crippen LogP contribution in [-0.2, 0) is 4.79 Å². The molecule has 5 nitrogen and oxygen atoms in total. The highest BCUT2D eigenvalue weighted by Gasteiger charge is 2.50. The number of fused-ring (bicyclic) bond motifs is 1. The van der Waals surface area contributed by atoms with Crippen molar-refractivity contribution in [2.45, 2.75) is 12.8 Å². The zero-order valence-corrected chi connectivity index (χ0v) is 9.03. The van der Waals surface area contributed by atoms with Crippen molar-refractivity contribution in [2.24, 2.45) is 5.41 Å². The molecule has 5 heteroatoms. The van der Waals surface area contributed by atoms with Crippen LogP contribution in [0, 0.1) is 16.7 Å². The van der Waals surface area contributed by atoms with E-state index in [-0.39, 0.29) is 12.7 Å². The summed E-state index contributed by atoms with van der Waals surface area (Å²) in [6.07, 6.45) is 1.28. The van der Waals surface area contributed by atoms with Crippen molar-refractivity contribution in [1.29, 1.82) is 5.26 Å². The lowest BCUT2D eigenvalue weighted by atomic mass is 10.1. The lowest BCUT2D eigenvalue weighted by Gasteiger charge is -2.08. The number of carbonyl (C=O) groups is 1. The van der Waals surface area contributed by atoms with E-state index in [0.29, 0.717) is 30.0 Å². The van der Waals surface area contributed by atoms with Gasteiger partial charge in [0.2, 0.25) is 12.7 Å². The van der Waals surface area contributed by atoms with Crippen molar-refractivity contribution < 1.29 is 14.3 Å². The molecule has 0 bridgehead atoms. The van der Waals surface area contributed by atoms with Crippen LogP contribution in [0.25, 0.3) is 0 Å². The minimum absolute atomic E-state index is 0.203. The van der Waals surface area contributed by atoms with E-state index in [1.54, 1.807) is 18.2 Å². The maximum Gasteiger partial charge on any atom is 0.244 e. The van der Waals surface area contributed by atoms with Gasteiger partial charge in [-0.3, -0.25) is 4.79 Å². The van der Waals surface area contributed by atoms with E-state index in [1.165, 1.54) is 0 Å². The molecule has 0 spiro atoms. The van der Waals surface area contributed by atoms with Gasteiger partial charge in [-0.1, -0.05) is 0 Å². The third kappa shape index (κ3) is 1.58. The Morgan fingerprint density at radius 3 is 2.82 bits per heavy atom. The minimum atomic E-state index is -0.809. The number of nitrogens with zero attached hydrogens (tertiary/aromatic N) is 1. The molecule has 2 aliphatic rings. The molecule has 1 amide bonds. The number of nitrogens with one attached hydrogen (secondary N) is 1. The second-order valence-corrected chi connectivity index (χ2v) is 4.22. The quantitative estimate of drug-likeness (QED) is 0.838. The Bertz CT molecular complexity index is 529. The molecule has 0 atom stereocenters. The van der Waals surface area contributed by atoms with Crippen LogP contribution in [-0.4, -0.2) is 12.7 Å². The minimum Gasteiger partial charge on any atom is -0.454 e. The maximum atomic E-state index is 11.8. The first-order chi connectivity index (χ1) is 8.23. The van der Waals surface area contributed by atoms with Gasteiger partial charge in [-0.05, 0) is 25.0 Å². The Balaban J connectivity index is 1.78. The number of carbonyl (C=O) groups excluding carboxylic acids is 1. The predicted molar refractivity (Wildman–Crippen MR) is 58.5 cm³/mol. The molecule has 3 rings (SSSR count). The summed E-state index contributed by atoms with van der Waals surface area (Å²) >= 11 is 0. The molecule has 0 unspecified atom stereocenters. The largest absolute Gasteiger partial charge is 0.454 e. The van der Waals surface area contributed by atoms with Crippen molar-refractivity contribution in [1.82, 2.24) is 0 Å². The number of benzene rings is 1. The Labute approximate surface area is 97.9 Å². The Hall–Kier alpha value is -2.22. The molecular formula is C12H10N2O3. The van der Waals surface area contributed by atoms with E-state index < -0.39 is 5.41 Å².